The molecular formula is C20H29NO2. The molecule has 0 saturated carbocycles. The van der Waals surface area contributed by atoms with Gasteiger partial charge < -0.3 is 9.53 Å². The molecular weight excluding hydrogens is 286 g/mol. The van der Waals surface area contributed by atoms with Crippen molar-refractivity contribution in [3.63, 3.8) is 0 Å². The van der Waals surface area contributed by atoms with Crippen LogP contribution in [0.5, 0.6) is 5.75 Å². The molecule has 2 heterocycles. The van der Waals surface area contributed by atoms with Crippen molar-refractivity contribution in [1.82, 2.24) is 4.90 Å². The minimum absolute atomic E-state index is 0.552. The van der Waals surface area contributed by atoms with Crippen LogP contribution in [0, 0.1) is 5.92 Å². The SMILES string of the molecule is CCC[C@@H](C)CC1CC(c2ccc3c(c2)CCO3)CN1CC=O. The van der Waals surface area contributed by atoms with Crippen LogP contribution >= 0.6 is 0 Å². The molecule has 3 atom stereocenters. The summed E-state index contributed by atoms with van der Waals surface area (Å²) in [5, 5.41) is 0. The Labute approximate surface area is 140 Å². The van der Waals surface area contributed by atoms with E-state index in [0.717, 1.165) is 37.5 Å². The number of hydrogen-bond acceptors (Lipinski definition) is 3. The molecule has 2 unspecified atom stereocenters. The van der Waals surface area contributed by atoms with E-state index < -0.39 is 0 Å². The number of carbonyl (C=O) groups is 1. The Balaban J connectivity index is 1.70. The van der Waals surface area contributed by atoms with Crippen molar-refractivity contribution >= 4 is 6.29 Å². The first-order valence-electron chi connectivity index (χ1n) is 9.14. The fourth-order valence-corrected chi connectivity index (χ4v) is 4.33. The maximum absolute atomic E-state index is 11.1. The van der Waals surface area contributed by atoms with Gasteiger partial charge >= 0.3 is 0 Å². The van der Waals surface area contributed by atoms with E-state index in [9.17, 15) is 4.79 Å². The van der Waals surface area contributed by atoms with Gasteiger partial charge in [-0.2, -0.15) is 0 Å². The van der Waals surface area contributed by atoms with Gasteiger partial charge in [-0.05, 0) is 41.9 Å². The molecule has 0 aromatic heterocycles. The number of carbonyl (C=O) groups excluding carboxylic acids is 1. The maximum atomic E-state index is 11.1. The van der Waals surface area contributed by atoms with Crippen molar-refractivity contribution in [2.75, 3.05) is 19.7 Å². The molecule has 1 aromatic rings. The predicted molar refractivity (Wildman–Crippen MR) is 93.1 cm³/mol. The largest absolute Gasteiger partial charge is 0.493 e. The Hall–Kier alpha value is -1.35. The lowest BCUT2D eigenvalue weighted by Crippen LogP contribution is -2.32. The van der Waals surface area contributed by atoms with Crippen molar-refractivity contribution in [3.8, 4) is 5.75 Å². The van der Waals surface area contributed by atoms with Gasteiger partial charge in [-0.3, -0.25) is 4.90 Å². The van der Waals surface area contributed by atoms with Gasteiger partial charge in [-0.25, -0.2) is 0 Å². The second kappa shape index (κ2) is 7.48. The molecule has 1 fully saturated rings. The molecule has 2 aliphatic rings. The van der Waals surface area contributed by atoms with Crippen LogP contribution in [0.4, 0.5) is 0 Å². The van der Waals surface area contributed by atoms with E-state index in [1.54, 1.807) is 0 Å². The first-order chi connectivity index (χ1) is 11.2. The fraction of sp³-hybridized carbons (Fsp3) is 0.650. The summed E-state index contributed by atoms with van der Waals surface area (Å²) in [6.07, 6.45) is 7.02. The highest BCUT2D eigenvalue weighted by atomic mass is 16.5. The Bertz CT molecular complexity index is 542. The van der Waals surface area contributed by atoms with Crippen molar-refractivity contribution < 1.29 is 9.53 Å². The number of hydrogen-bond donors (Lipinski definition) is 0. The highest BCUT2D eigenvalue weighted by Crippen LogP contribution is 2.37. The molecule has 0 amide bonds. The number of ether oxygens (including phenoxy) is 1. The molecule has 3 nitrogen and oxygen atoms in total. The molecule has 0 radical (unpaired) electrons. The van der Waals surface area contributed by atoms with Gasteiger partial charge in [-0.15, -0.1) is 0 Å². The Morgan fingerprint density at radius 1 is 1.43 bits per heavy atom. The van der Waals surface area contributed by atoms with Crippen LogP contribution in [0.2, 0.25) is 0 Å². The smallest absolute Gasteiger partial charge is 0.133 e. The van der Waals surface area contributed by atoms with Crippen LogP contribution in [0.15, 0.2) is 18.2 Å². The Morgan fingerprint density at radius 2 is 2.30 bits per heavy atom. The summed E-state index contributed by atoms with van der Waals surface area (Å²) in [7, 11) is 0. The number of aldehydes is 1. The normalized spacial score (nSPS) is 25.1. The topological polar surface area (TPSA) is 29.5 Å². The monoisotopic (exact) mass is 315 g/mol. The second-order valence-corrected chi connectivity index (χ2v) is 7.30. The average molecular weight is 315 g/mol. The fourth-order valence-electron chi connectivity index (χ4n) is 4.33. The average Bonchev–Trinajstić information content (AvgIpc) is 3.14. The van der Waals surface area contributed by atoms with E-state index in [1.807, 2.05) is 0 Å². The summed E-state index contributed by atoms with van der Waals surface area (Å²) in [5.74, 6) is 2.36. The summed E-state index contributed by atoms with van der Waals surface area (Å²) in [6, 6.07) is 7.25. The molecule has 2 aliphatic heterocycles. The lowest BCUT2D eigenvalue weighted by Gasteiger charge is -2.24. The van der Waals surface area contributed by atoms with E-state index in [2.05, 4.69) is 36.9 Å². The third-order valence-corrected chi connectivity index (χ3v) is 5.48. The van der Waals surface area contributed by atoms with Gasteiger partial charge in [0, 0.05) is 19.0 Å². The van der Waals surface area contributed by atoms with E-state index in [-0.39, 0.29) is 0 Å². The maximum Gasteiger partial charge on any atom is 0.133 e. The van der Waals surface area contributed by atoms with E-state index in [0.29, 0.717) is 18.5 Å². The van der Waals surface area contributed by atoms with Crippen molar-refractivity contribution in [3.05, 3.63) is 29.3 Å². The Morgan fingerprint density at radius 3 is 3.09 bits per heavy atom. The third kappa shape index (κ3) is 3.77. The quantitative estimate of drug-likeness (QED) is 0.717. The van der Waals surface area contributed by atoms with Crippen molar-refractivity contribution in [1.29, 1.82) is 0 Å². The number of rotatable bonds is 7. The Kier molecular flexibility index (Phi) is 5.37. The van der Waals surface area contributed by atoms with Crippen molar-refractivity contribution in [2.45, 2.75) is 57.9 Å². The molecule has 3 heteroatoms. The lowest BCUT2D eigenvalue weighted by atomic mass is 9.90. The van der Waals surface area contributed by atoms with Crippen LogP contribution in [-0.2, 0) is 11.2 Å². The first kappa shape index (κ1) is 16.5. The molecule has 23 heavy (non-hydrogen) atoms. The van der Waals surface area contributed by atoms with Gasteiger partial charge in [-0.1, -0.05) is 38.8 Å². The minimum atomic E-state index is 0.552. The summed E-state index contributed by atoms with van der Waals surface area (Å²) in [4.78, 5) is 13.5. The van der Waals surface area contributed by atoms with Crippen molar-refractivity contribution in [2.24, 2.45) is 5.92 Å². The van der Waals surface area contributed by atoms with Crippen LogP contribution in [0.1, 0.15) is 56.6 Å². The summed E-state index contributed by atoms with van der Waals surface area (Å²) >= 11 is 0. The van der Waals surface area contributed by atoms with E-state index in [1.165, 1.54) is 36.8 Å². The van der Waals surface area contributed by atoms with E-state index >= 15 is 0 Å². The van der Waals surface area contributed by atoms with Crippen LogP contribution in [0.3, 0.4) is 0 Å². The predicted octanol–water partition coefficient (Wildman–Crippen LogP) is 3.80. The van der Waals surface area contributed by atoms with Crippen LogP contribution in [-0.4, -0.2) is 36.9 Å². The molecule has 0 N–H and O–H groups in total. The van der Waals surface area contributed by atoms with Gasteiger partial charge in [0.2, 0.25) is 0 Å². The molecule has 0 aliphatic carbocycles. The van der Waals surface area contributed by atoms with Gasteiger partial charge in [0.25, 0.3) is 0 Å². The summed E-state index contributed by atoms with van der Waals surface area (Å²) < 4.78 is 5.62. The number of benzene rings is 1. The van der Waals surface area contributed by atoms with E-state index in [4.69, 9.17) is 4.74 Å². The molecule has 0 spiro atoms. The lowest BCUT2D eigenvalue weighted by molar-refractivity contribution is -0.109. The summed E-state index contributed by atoms with van der Waals surface area (Å²) in [6.45, 7) is 7.01. The number of likely N-dealkylation sites (tertiary alicyclic amines) is 1. The molecule has 0 bridgehead atoms. The standard InChI is InChI=1S/C20H29NO2/c1-3-4-15(2)11-19-13-18(14-21(19)8-9-22)16-5-6-20-17(12-16)7-10-23-20/h5-6,9,12,15,18-19H,3-4,7-8,10-11,13-14H2,1-2H3/t15-,18?,19?/m1/s1. The van der Waals surface area contributed by atoms with Crippen LogP contribution in [0.25, 0.3) is 0 Å². The molecule has 1 saturated heterocycles. The first-order valence-corrected chi connectivity index (χ1v) is 9.14. The second-order valence-electron chi connectivity index (χ2n) is 7.30. The van der Waals surface area contributed by atoms with Gasteiger partial charge in [0.15, 0.2) is 0 Å². The molecule has 3 rings (SSSR count). The molecule has 1 aromatic carbocycles. The molecule has 126 valence electrons. The van der Waals surface area contributed by atoms with Crippen LogP contribution < -0.4 is 4.74 Å². The number of fused-ring (bicyclic) bond motifs is 1. The third-order valence-electron chi connectivity index (χ3n) is 5.48. The highest BCUT2D eigenvalue weighted by Gasteiger charge is 2.33. The summed E-state index contributed by atoms with van der Waals surface area (Å²) in [5.41, 5.74) is 2.78. The van der Waals surface area contributed by atoms with Gasteiger partial charge in [0.05, 0.1) is 13.2 Å². The zero-order chi connectivity index (χ0) is 16.2. The number of nitrogens with zero attached hydrogens (tertiary/aromatic N) is 1. The zero-order valence-electron chi connectivity index (χ0n) is 14.5. The highest BCUT2D eigenvalue weighted by molar-refractivity contribution is 5.52. The van der Waals surface area contributed by atoms with Gasteiger partial charge in [0.1, 0.15) is 12.0 Å². The zero-order valence-corrected chi connectivity index (χ0v) is 14.5. The minimum Gasteiger partial charge on any atom is -0.493 e.